The Labute approximate surface area is 334 Å². The van der Waals surface area contributed by atoms with Crippen LogP contribution in [0.5, 0.6) is 0 Å². The summed E-state index contributed by atoms with van der Waals surface area (Å²) in [6, 6.07) is -4.01. The van der Waals surface area contributed by atoms with Gasteiger partial charge in [0, 0.05) is 45.2 Å². The Morgan fingerprint density at radius 1 is 0.448 bits per heavy atom. The van der Waals surface area contributed by atoms with Crippen LogP contribution in [0.25, 0.3) is 0 Å². The zero-order valence-electron chi connectivity index (χ0n) is 32.3. The van der Waals surface area contributed by atoms with Crippen LogP contribution >= 0.6 is 0 Å². The number of nitrogens with one attached hydrogen (secondary N) is 5. The van der Waals surface area contributed by atoms with Crippen molar-refractivity contribution in [2.75, 3.05) is 65.9 Å². The van der Waals surface area contributed by atoms with E-state index in [0.29, 0.717) is 25.7 Å². The van der Waals surface area contributed by atoms with Crippen molar-refractivity contribution in [3.05, 3.63) is 0 Å². The van der Waals surface area contributed by atoms with Crippen LogP contribution in [0.2, 0.25) is 0 Å². The van der Waals surface area contributed by atoms with Crippen LogP contribution in [-0.2, 0) is 66.9 Å². The molecule has 0 unspecified atom stereocenters. The number of hydrogen-bond donors (Lipinski definition) is 9. The minimum atomic E-state index is -1.44. The number of unbranched alkanes of at least 4 members (excludes halogenated alkanes) is 3. The van der Waals surface area contributed by atoms with Crippen LogP contribution in [0.4, 0.5) is 0 Å². The summed E-state index contributed by atoms with van der Waals surface area (Å²) in [5, 5.41) is 48.3. The maximum absolute atomic E-state index is 12.1. The minimum Gasteiger partial charge on any atom is -0.481 e. The van der Waals surface area contributed by atoms with Crippen LogP contribution in [0, 0.1) is 0 Å². The van der Waals surface area contributed by atoms with Gasteiger partial charge in [0.1, 0.15) is 31.3 Å². The summed E-state index contributed by atoms with van der Waals surface area (Å²) in [6.45, 7) is 0.00134. The average Bonchev–Trinajstić information content (AvgIpc) is 3.16. The lowest BCUT2D eigenvalue weighted by molar-refractivity contribution is -0.144. The molecule has 0 aromatic heterocycles. The molecule has 0 heterocycles. The molecule has 0 aliphatic rings. The maximum Gasteiger partial charge on any atom is 0.326 e. The van der Waals surface area contributed by atoms with Crippen LogP contribution in [0.3, 0.4) is 0 Å². The highest BCUT2D eigenvalue weighted by Gasteiger charge is 2.24. The highest BCUT2D eigenvalue weighted by atomic mass is 16.5. The third kappa shape index (κ3) is 30.9. The number of rotatable bonds is 38. The van der Waals surface area contributed by atoms with Gasteiger partial charge in [-0.2, -0.15) is 0 Å². The van der Waals surface area contributed by atoms with Crippen LogP contribution in [0.1, 0.15) is 77.0 Å². The van der Waals surface area contributed by atoms with E-state index in [2.05, 4.69) is 26.6 Å². The molecule has 0 aliphatic heterocycles. The van der Waals surface area contributed by atoms with E-state index in [-0.39, 0.29) is 104 Å². The fourth-order valence-corrected chi connectivity index (χ4v) is 4.64. The SMILES string of the molecule is O=[C]CC[C@H](NC(=O)CC[C@H](NC(=O)COCCOCCNC(=O)COCCOCCNC(=O)CC[C@H](NC(=O)CCCCCCC(=O)O)C(=O)O)C(=O)O)C(=O)O. The highest BCUT2D eigenvalue weighted by Crippen LogP contribution is 2.07. The predicted molar refractivity (Wildman–Crippen MR) is 197 cm³/mol. The van der Waals surface area contributed by atoms with Crippen molar-refractivity contribution in [1.82, 2.24) is 26.6 Å². The molecule has 23 heteroatoms. The highest BCUT2D eigenvalue weighted by molar-refractivity contribution is 5.87. The third-order valence-electron chi connectivity index (χ3n) is 7.65. The van der Waals surface area contributed by atoms with Gasteiger partial charge in [0.05, 0.1) is 39.6 Å². The number of carbonyl (C=O) groups is 9. The first-order valence-electron chi connectivity index (χ1n) is 18.6. The first kappa shape index (κ1) is 52.7. The molecule has 0 bridgehead atoms. The van der Waals surface area contributed by atoms with Gasteiger partial charge in [-0.15, -0.1) is 0 Å². The summed E-state index contributed by atoms with van der Waals surface area (Å²) < 4.78 is 20.9. The summed E-state index contributed by atoms with van der Waals surface area (Å²) in [4.78, 5) is 115. The van der Waals surface area contributed by atoms with Crippen molar-refractivity contribution in [1.29, 1.82) is 0 Å². The molecule has 0 rings (SSSR count). The van der Waals surface area contributed by atoms with Crippen molar-refractivity contribution in [3.63, 3.8) is 0 Å². The zero-order valence-corrected chi connectivity index (χ0v) is 32.3. The van der Waals surface area contributed by atoms with Gasteiger partial charge in [0.25, 0.3) is 0 Å². The number of hydrogen-bond acceptors (Lipinski definition) is 14. The lowest BCUT2D eigenvalue weighted by atomic mass is 10.1. The Morgan fingerprint density at radius 2 is 0.862 bits per heavy atom. The minimum absolute atomic E-state index is 0.0320. The van der Waals surface area contributed by atoms with Gasteiger partial charge < -0.3 is 66.0 Å². The van der Waals surface area contributed by atoms with Crippen LogP contribution in [-0.4, -0.2) is 164 Å². The molecule has 0 aromatic carbocycles. The fourth-order valence-electron chi connectivity index (χ4n) is 4.64. The number of ether oxygens (including phenoxy) is 4. The summed E-state index contributed by atoms with van der Waals surface area (Å²) in [6.07, 6.45) is 2.58. The molecule has 1 radical (unpaired) electrons. The normalized spacial score (nSPS) is 12.3. The van der Waals surface area contributed by atoms with E-state index in [1.54, 1.807) is 0 Å². The van der Waals surface area contributed by atoms with Crippen molar-refractivity contribution in [3.8, 4) is 0 Å². The Hall–Kier alpha value is -5.26. The van der Waals surface area contributed by atoms with E-state index in [1.165, 1.54) is 6.29 Å². The molecule has 0 fully saturated rings. The third-order valence-corrected chi connectivity index (χ3v) is 7.65. The van der Waals surface area contributed by atoms with Crippen LogP contribution < -0.4 is 26.6 Å². The van der Waals surface area contributed by atoms with E-state index < -0.39 is 84.6 Å². The Bertz CT molecular complexity index is 1320. The van der Waals surface area contributed by atoms with Gasteiger partial charge in [-0.3, -0.25) is 33.6 Å². The predicted octanol–water partition coefficient (Wildman–Crippen LogP) is -2.13. The molecule has 23 nitrogen and oxygen atoms in total. The van der Waals surface area contributed by atoms with E-state index in [0.717, 1.165) is 0 Å². The van der Waals surface area contributed by atoms with Crippen molar-refractivity contribution in [2.45, 2.75) is 95.2 Å². The molecule has 3 atom stereocenters. The molecule has 58 heavy (non-hydrogen) atoms. The quantitative estimate of drug-likeness (QED) is 0.0300. The summed E-state index contributed by atoms with van der Waals surface area (Å²) in [5.41, 5.74) is 0. The molecule has 0 saturated heterocycles. The standard InChI is InChI=1S/C35H56N5O18/c41-15-5-6-24(33(49)50)38-29(44)12-10-26(35(53)54)40-31(46)23-58-21-19-56-17-14-37-30(45)22-57-20-18-55-16-13-36-27(42)11-9-25(34(51)52)39-28(43)7-3-1-2-4-8-32(47)48/h24-26H,1-14,16-23H2,(H,36,42)(H,37,45)(H,38,44)(H,39,43)(H,40,46)(H,47,48)(H,49,50)(H,51,52)(H,53,54)/t24-,25-,26-/m0/s1. The summed E-state index contributed by atoms with van der Waals surface area (Å²) >= 11 is 0. The summed E-state index contributed by atoms with van der Waals surface area (Å²) in [7, 11) is 0. The van der Waals surface area contributed by atoms with Crippen LogP contribution in [0.15, 0.2) is 0 Å². The Morgan fingerprint density at radius 3 is 1.36 bits per heavy atom. The fraction of sp³-hybridized carbons (Fsp3) is 0.714. The number of amides is 5. The number of carboxylic acids is 4. The molecule has 329 valence electrons. The van der Waals surface area contributed by atoms with Gasteiger partial charge in [-0.1, -0.05) is 12.8 Å². The monoisotopic (exact) mass is 834 g/mol. The average molecular weight is 835 g/mol. The largest absolute Gasteiger partial charge is 0.481 e. The smallest absolute Gasteiger partial charge is 0.326 e. The number of carboxylic acid groups (broad SMARTS) is 4. The lowest BCUT2D eigenvalue weighted by Gasteiger charge is -2.16. The molecular weight excluding hydrogens is 778 g/mol. The Balaban J connectivity index is 3.90. The van der Waals surface area contributed by atoms with Gasteiger partial charge in [0.15, 0.2) is 6.29 Å². The maximum atomic E-state index is 12.1. The molecule has 0 spiro atoms. The van der Waals surface area contributed by atoms with E-state index >= 15 is 0 Å². The van der Waals surface area contributed by atoms with E-state index in [9.17, 15) is 58.2 Å². The van der Waals surface area contributed by atoms with Gasteiger partial charge in [0.2, 0.25) is 29.5 Å². The zero-order chi connectivity index (χ0) is 43.6. The van der Waals surface area contributed by atoms with Crippen molar-refractivity contribution < 1.29 is 87.3 Å². The topological polar surface area (TPSA) is 349 Å². The molecule has 0 aromatic rings. The second-order valence-electron chi connectivity index (χ2n) is 12.5. The first-order valence-corrected chi connectivity index (χ1v) is 18.6. The van der Waals surface area contributed by atoms with E-state index in [4.69, 9.17) is 29.2 Å². The van der Waals surface area contributed by atoms with Gasteiger partial charge in [-0.25, -0.2) is 14.4 Å². The molecule has 0 aliphatic carbocycles. The second kappa shape index (κ2) is 33.8. The molecular formula is C35H56N5O18. The molecule has 0 saturated carbocycles. The van der Waals surface area contributed by atoms with Gasteiger partial charge in [-0.05, 0) is 32.1 Å². The second-order valence-corrected chi connectivity index (χ2v) is 12.5. The Kier molecular flexibility index (Phi) is 30.8. The van der Waals surface area contributed by atoms with E-state index in [1.807, 2.05) is 0 Å². The number of carbonyl (C=O) groups excluding carboxylic acids is 6. The lowest BCUT2D eigenvalue weighted by Crippen LogP contribution is -2.44. The van der Waals surface area contributed by atoms with Crippen molar-refractivity contribution in [2.24, 2.45) is 0 Å². The number of aliphatic carboxylic acids is 4. The summed E-state index contributed by atoms with van der Waals surface area (Å²) in [5.74, 6) is -7.78. The molecule has 9 N–H and O–H groups in total. The molecule has 5 amide bonds. The van der Waals surface area contributed by atoms with Gasteiger partial charge >= 0.3 is 23.9 Å². The van der Waals surface area contributed by atoms with Crippen molar-refractivity contribution >= 4 is 59.7 Å². The first-order chi connectivity index (χ1) is 27.7.